The van der Waals surface area contributed by atoms with Crippen LogP contribution in [0.1, 0.15) is 5.56 Å². The highest BCUT2D eigenvalue weighted by Crippen LogP contribution is 2.25. The number of nitrogens with two attached hydrogens (primary N) is 1. The fraction of sp³-hybridized carbons (Fsp3) is 0.133. The summed E-state index contributed by atoms with van der Waals surface area (Å²) in [5.74, 6) is -0.327. The maximum atomic E-state index is 13.1. The van der Waals surface area contributed by atoms with Gasteiger partial charge in [0.05, 0.1) is 5.75 Å². The Bertz CT molecular complexity index is 631. The molecular formula is C15H15FN2OS. The lowest BCUT2D eigenvalue weighted by atomic mass is 10.2. The summed E-state index contributed by atoms with van der Waals surface area (Å²) in [5, 5.41) is 2.79. The molecule has 0 radical (unpaired) electrons. The molecule has 0 heterocycles. The molecule has 5 heteroatoms. The van der Waals surface area contributed by atoms with Crippen LogP contribution in [0.15, 0.2) is 47.4 Å². The number of nitrogen functional groups attached to an aromatic ring is 1. The zero-order valence-corrected chi connectivity index (χ0v) is 11.8. The lowest BCUT2D eigenvalue weighted by Crippen LogP contribution is -2.14. The van der Waals surface area contributed by atoms with Gasteiger partial charge >= 0.3 is 0 Å². The second kappa shape index (κ2) is 6.43. The maximum absolute atomic E-state index is 13.1. The molecule has 0 aliphatic carbocycles. The molecule has 2 aromatic rings. The topological polar surface area (TPSA) is 55.1 Å². The lowest BCUT2D eigenvalue weighted by molar-refractivity contribution is -0.113. The summed E-state index contributed by atoms with van der Waals surface area (Å²) in [4.78, 5) is 12.4. The van der Waals surface area contributed by atoms with Crippen LogP contribution in [0.4, 0.5) is 15.8 Å². The van der Waals surface area contributed by atoms with E-state index in [9.17, 15) is 9.18 Å². The predicted molar refractivity (Wildman–Crippen MR) is 81.3 cm³/mol. The number of carbonyl (C=O) groups is 1. The Kier molecular flexibility index (Phi) is 4.63. The molecule has 0 aliphatic rings. The van der Waals surface area contributed by atoms with Gasteiger partial charge in [0.25, 0.3) is 0 Å². The van der Waals surface area contributed by atoms with Crippen molar-refractivity contribution < 1.29 is 9.18 Å². The van der Waals surface area contributed by atoms with Gasteiger partial charge in [0.15, 0.2) is 0 Å². The molecule has 0 aliphatic heterocycles. The van der Waals surface area contributed by atoms with E-state index in [-0.39, 0.29) is 17.5 Å². The van der Waals surface area contributed by atoms with Crippen LogP contribution < -0.4 is 11.1 Å². The van der Waals surface area contributed by atoms with Gasteiger partial charge in [0.2, 0.25) is 5.91 Å². The fourth-order valence-corrected chi connectivity index (χ4v) is 2.49. The average molecular weight is 290 g/mol. The van der Waals surface area contributed by atoms with Crippen molar-refractivity contribution in [1.82, 2.24) is 0 Å². The first-order chi connectivity index (χ1) is 9.54. The largest absolute Gasteiger partial charge is 0.398 e. The van der Waals surface area contributed by atoms with Crippen molar-refractivity contribution in [1.29, 1.82) is 0 Å². The monoisotopic (exact) mass is 290 g/mol. The summed E-state index contributed by atoms with van der Waals surface area (Å²) < 4.78 is 13.1. The number of hydrogen-bond acceptors (Lipinski definition) is 3. The molecule has 2 rings (SSSR count). The molecule has 104 valence electrons. The summed E-state index contributed by atoms with van der Waals surface area (Å²) in [6.45, 7) is 1.96. The van der Waals surface area contributed by atoms with Gasteiger partial charge in [-0.25, -0.2) is 4.39 Å². The third kappa shape index (κ3) is 3.99. The quantitative estimate of drug-likeness (QED) is 0.670. The molecule has 0 spiro atoms. The van der Waals surface area contributed by atoms with Gasteiger partial charge in [-0.1, -0.05) is 12.1 Å². The SMILES string of the molecule is Cc1cccc(NC(=O)CSc2cc(F)ccc2N)c1. The number of halogens is 1. The zero-order chi connectivity index (χ0) is 14.5. The Morgan fingerprint density at radius 3 is 2.85 bits per heavy atom. The van der Waals surface area contributed by atoms with E-state index in [2.05, 4.69) is 5.32 Å². The van der Waals surface area contributed by atoms with E-state index in [4.69, 9.17) is 5.73 Å². The number of rotatable bonds is 4. The Morgan fingerprint density at radius 2 is 2.10 bits per heavy atom. The van der Waals surface area contributed by atoms with Gasteiger partial charge in [-0.2, -0.15) is 0 Å². The molecular weight excluding hydrogens is 275 g/mol. The van der Waals surface area contributed by atoms with E-state index in [0.717, 1.165) is 11.3 Å². The molecule has 1 amide bonds. The molecule has 20 heavy (non-hydrogen) atoms. The summed E-state index contributed by atoms with van der Waals surface area (Å²) >= 11 is 1.22. The number of nitrogens with one attached hydrogen (secondary N) is 1. The van der Waals surface area contributed by atoms with E-state index < -0.39 is 0 Å². The van der Waals surface area contributed by atoms with Gasteiger partial charge in [0, 0.05) is 16.3 Å². The van der Waals surface area contributed by atoms with Crippen LogP contribution in [0.2, 0.25) is 0 Å². The van der Waals surface area contributed by atoms with Crippen LogP contribution in [0.3, 0.4) is 0 Å². The van der Waals surface area contributed by atoms with Crippen LogP contribution in [-0.4, -0.2) is 11.7 Å². The smallest absolute Gasteiger partial charge is 0.234 e. The van der Waals surface area contributed by atoms with Crippen molar-refractivity contribution in [2.45, 2.75) is 11.8 Å². The predicted octanol–water partition coefficient (Wildman–Crippen LogP) is 3.45. The molecule has 0 fully saturated rings. The van der Waals surface area contributed by atoms with Crippen molar-refractivity contribution in [3.8, 4) is 0 Å². The summed E-state index contributed by atoms with van der Waals surface area (Å²) in [6, 6.07) is 11.7. The molecule has 0 saturated heterocycles. The first-order valence-electron chi connectivity index (χ1n) is 6.09. The third-order valence-corrected chi connectivity index (χ3v) is 3.71. The highest BCUT2D eigenvalue weighted by atomic mass is 32.2. The van der Waals surface area contributed by atoms with E-state index >= 15 is 0 Å². The van der Waals surface area contributed by atoms with Crippen LogP contribution in [0, 0.1) is 12.7 Å². The number of amides is 1. The van der Waals surface area contributed by atoms with Crippen molar-refractivity contribution in [3.63, 3.8) is 0 Å². The molecule has 3 nitrogen and oxygen atoms in total. The van der Waals surface area contributed by atoms with Crippen LogP contribution in [0.25, 0.3) is 0 Å². The Morgan fingerprint density at radius 1 is 1.30 bits per heavy atom. The maximum Gasteiger partial charge on any atom is 0.234 e. The van der Waals surface area contributed by atoms with E-state index in [1.165, 1.54) is 30.0 Å². The average Bonchev–Trinajstić information content (AvgIpc) is 2.40. The summed E-state index contributed by atoms with van der Waals surface area (Å²) in [6.07, 6.45) is 0. The van der Waals surface area contributed by atoms with Gasteiger partial charge in [-0.3, -0.25) is 4.79 Å². The van der Waals surface area contributed by atoms with E-state index in [0.29, 0.717) is 10.6 Å². The molecule has 0 bridgehead atoms. The van der Waals surface area contributed by atoms with Crippen molar-refractivity contribution >= 4 is 29.0 Å². The molecule has 0 unspecified atom stereocenters. The van der Waals surface area contributed by atoms with Gasteiger partial charge in [-0.15, -0.1) is 11.8 Å². The number of aryl methyl sites for hydroxylation is 1. The van der Waals surface area contributed by atoms with Crippen LogP contribution in [0.5, 0.6) is 0 Å². The van der Waals surface area contributed by atoms with Crippen molar-refractivity contribution in [2.75, 3.05) is 16.8 Å². The number of carbonyl (C=O) groups excluding carboxylic acids is 1. The minimum Gasteiger partial charge on any atom is -0.398 e. The number of thioether (sulfide) groups is 1. The second-order valence-corrected chi connectivity index (χ2v) is 5.41. The standard InChI is InChI=1S/C15H15FN2OS/c1-10-3-2-4-12(7-10)18-15(19)9-20-14-8-11(16)5-6-13(14)17/h2-8H,9,17H2,1H3,(H,18,19). The van der Waals surface area contributed by atoms with E-state index in [1.54, 1.807) is 0 Å². The fourth-order valence-electron chi connectivity index (χ4n) is 1.70. The number of anilines is 2. The van der Waals surface area contributed by atoms with E-state index in [1.807, 2.05) is 31.2 Å². The molecule has 3 N–H and O–H groups in total. The molecule has 2 aromatic carbocycles. The van der Waals surface area contributed by atoms with Gasteiger partial charge in [0.1, 0.15) is 5.82 Å². The first-order valence-corrected chi connectivity index (χ1v) is 7.07. The Balaban J connectivity index is 1.94. The molecule has 0 saturated carbocycles. The van der Waals surface area contributed by atoms with Crippen LogP contribution >= 0.6 is 11.8 Å². The minimum atomic E-state index is -0.360. The second-order valence-electron chi connectivity index (χ2n) is 4.39. The summed E-state index contributed by atoms with van der Waals surface area (Å²) in [7, 11) is 0. The first kappa shape index (κ1) is 14.4. The normalized spacial score (nSPS) is 10.3. The Hall–Kier alpha value is -2.01. The molecule has 0 aromatic heterocycles. The van der Waals surface area contributed by atoms with Crippen molar-refractivity contribution in [2.24, 2.45) is 0 Å². The zero-order valence-electron chi connectivity index (χ0n) is 11.0. The lowest BCUT2D eigenvalue weighted by Gasteiger charge is -2.07. The van der Waals surface area contributed by atoms with Crippen LogP contribution in [-0.2, 0) is 4.79 Å². The number of hydrogen-bond donors (Lipinski definition) is 2. The minimum absolute atomic E-state index is 0.149. The third-order valence-electron chi connectivity index (χ3n) is 2.64. The van der Waals surface area contributed by atoms with Crippen molar-refractivity contribution in [3.05, 3.63) is 53.8 Å². The van der Waals surface area contributed by atoms with Gasteiger partial charge < -0.3 is 11.1 Å². The highest BCUT2D eigenvalue weighted by Gasteiger charge is 2.07. The van der Waals surface area contributed by atoms with Gasteiger partial charge in [-0.05, 0) is 42.8 Å². The molecule has 0 atom stereocenters. The Labute approximate surface area is 121 Å². The number of benzene rings is 2. The summed E-state index contributed by atoms with van der Waals surface area (Å²) in [5.41, 5.74) is 8.03. The highest BCUT2D eigenvalue weighted by molar-refractivity contribution is 8.00.